The lowest BCUT2D eigenvalue weighted by molar-refractivity contribution is -0.164. The smallest absolute Gasteiger partial charge is 0.228 e. The lowest BCUT2D eigenvalue weighted by Crippen LogP contribution is -2.65. The van der Waals surface area contributed by atoms with E-state index in [1.54, 1.807) is 0 Å². The highest BCUT2D eigenvalue weighted by Crippen LogP contribution is 2.50. The van der Waals surface area contributed by atoms with Gasteiger partial charge in [0.15, 0.2) is 0 Å². The Bertz CT molecular complexity index is 286. The highest BCUT2D eigenvalue weighted by Gasteiger charge is 2.57. The average Bonchev–Trinajstić information content (AvgIpc) is 2.89. The van der Waals surface area contributed by atoms with Crippen molar-refractivity contribution in [2.24, 2.45) is 11.3 Å². The molecule has 0 bridgehead atoms. The SMILES string of the molecule is CC1(C(=O)N2CC(O)(C3CC3)C2)CC1. The van der Waals surface area contributed by atoms with Gasteiger partial charge in [-0.05, 0) is 31.6 Å². The maximum absolute atomic E-state index is 11.9. The van der Waals surface area contributed by atoms with E-state index < -0.39 is 5.60 Å². The van der Waals surface area contributed by atoms with Crippen molar-refractivity contribution >= 4 is 5.91 Å². The van der Waals surface area contributed by atoms with Crippen LogP contribution >= 0.6 is 0 Å². The van der Waals surface area contributed by atoms with Crippen molar-refractivity contribution in [1.29, 1.82) is 0 Å². The van der Waals surface area contributed by atoms with E-state index in [0.717, 1.165) is 25.7 Å². The summed E-state index contributed by atoms with van der Waals surface area (Å²) in [6, 6.07) is 0. The maximum Gasteiger partial charge on any atom is 0.228 e. The van der Waals surface area contributed by atoms with Crippen LogP contribution in [0.1, 0.15) is 32.6 Å². The summed E-state index contributed by atoms with van der Waals surface area (Å²) in [7, 11) is 0. The minimum atomic E-state index is -0.513. The molecule has 3 aliphatic rings. The Labute approximate surface area is 84.1 Å². The Morgan fingerprint density at radius 1 is 1.36 bits per heavy atom. The van der Waals surface area contributed by atoms with E-state index in [0.29, 0.717) is 19.0 Å². The van der Waals surface area contributed by atoms with Crippen LogP contribution in [-0.2, 0) is 4.79 Å². The molecular formula is C11H17NO2. The normalized spacial score (nSPS) is 32.3. The summed E-state index contributed by atoms with van der Waals surface area (Å²) in [4.78, 5) is 13.7. The molecule has 3 fully saturated rings. The second-order valence-corrected chi connectivity index (χ2v) is 5.60. The van der Waals surface area contributed by atoms with Gasteiger partial charge in [-0.15, -0.1) is 0 Å². The highest BCUT2D eigenvalue weighted by atomic mass is 16.3. The Morgan fingerprint density at radius 2 is 1.93 bits per heavy atom. The van der Waals surface area contributed by atoms with Gasteiger partial charge in [0, 0.05) is 5.41 Å². The lowest BCUT2D eigenvalue weighted by Gasteiger charge is -2.48. The van der Waals surface area contributed by atoms with E-state index in [1.165, 1.54) is 0 Å². The van der Waals surface area contributed by atoms with Gasteiger partial charge in [-0.1, -0.05) is 6.92 Å². The molecule has 1 aliphatic heterocycles. The first kappa shape index (κ1) is 8.72. The minimum absolute atomic E-state index is 0.0646. The number of carbonyl (C=O) groups excluding carboxylic acids is 1. The largest absolute Gasteiger partial charge is 0.386 e. The van der Waals surface area contributed by atoms with Crippen LogP contribution in [0.2, 0.25) is 0 Å². The number of β-amino-alcohol motifs (C(OH)–C–C–N with tert-alkyl or cyclic N) is 1. The lowest BCUT2D eigenvalue weighted by atomic mass is 9.87. The van der Waals surface area contributed by atoms with E-state index in [1.807, 2.05) is 11.8 Å². The summed E-state index contributed by atoms with van der Waals surface area (Å²) < 4.78 is 0. The monoisotopic (exact) mass is 195 g/mol. The van der Waals surface area contributed by atoms with Gasteiger partial charge in [0.1, 0.15) is 5.60 Å². The summed E-state index contributed by atoms with van der Waals surface area (Å²) in [5.74, 6) is 0.751. The fourth-order valence-corrected chi connectivity index (χ4v) is 2.42. The van der Waals surface area contributed by atoms with Crippen LogP contribution in [0, 0.1) is 11.3 Å². The predicted molar refractivity (Wildman–Crippen MR) is 51.6 cm³/mol. The van der Waals surface area contributed by atoms with Crippen molar-refractivity contribution in [3.05, 3.63) is 0 Å². The fourth-order valence-electron chi connectivity index (χ4n) is 2.42. The maximum atomic E-state index is 11.9. The van der Waals surface area contributed by atoms with Crippen molar-refractivity contribution in [2.45, 2.75) is 38.2 Å². The Morgan fingerprint density at radius 3 is 2.36 bits per heavy atom. The zero-order chi connectivity index (χ0) is 9.97. The van der Waals surface area contributed by atoms with Crippen LogP contribution in [0.25, 0.3) is 0 Å². The van der Waals surface area contributed by atoms with Gasteiger partial charge < -0.3 is 10.0 Å². The third-order valence-electron chi connectivity index (χ3n) is 4.07. The third-order valence-corrected chi connectivity index (χ3v) is 4.07. The summed E-state index contributed by atoms with van der Waals surface area (Å²) in [6.07, 6.45) is 4.36. The quantitative estimate of drug-likeness (QED) is 0.707. The molecule has 1 heterocycles. The van der Waals surface area contributed by atoms with Crippen LogP contribution in [-0.4, -0.2) is 34.6 Å². The van der Waals surface area contributed by atoms with Gasteiger partial charge in [0.05, 0.1) is 13.1 Å². The van der Waals surface area contributed by atoms with Gasteiger partial charge in [-0.25, -0.2) is 0 Å². The molecule has 2 saturated carbocycles. The van der Waals surface area contributed by atoms with Gasteiger partial charge in [0.2, 0.25) is 5.91 Å². The summed E-state index contributed by atoms with van der Waals surface area (Å²) in [5.41, 5.74) is -0.578. The van der Waals surface area contributed by atoms with E-state index in [2.05, 4.69) is 0 Å². The van der Waals surface area contributed by atoms with E-state index >= 15 is 0 Å². The number of rotatable bonds is 2. The fraction of sp³-hybridized carbons (Fsp3) is 0.909. The Kier molecular flexibility index (Phi) is 1.45. The van der Waals surface area contributed by atoms with Crippen molar-refractivity contribution in [3.8, 4) is 0 Å². The van der Waals surface area contributed by atoms with Crippen LogP contribution in [0.15, 0.2) is 0 Å². The minimum Gasteiger partial charge on any atom is -0.386 e. The molecule has 0 spiro atoms. The number of aliphatic hydroxyl groups is 1. The molecule has 0 aromatic carbocycles. The Balaban J connectivity index is 1.61. The van der Waals surface area contributed by atoms with Crippen LogP contribution in [0.5, 0.6) is 0 Å². The van der Waals surface area contributed by atoms with E-state index in [-0.39, 0.29) is 11.3 Å². The zero-order valence-electron chi connectivity index (χ0n) is 8.62. The molecule has 0 radical (unpaired) electrons. The number of likely N-dealkylation sites (tertiary alicyclic amines) is 1. The van der Waals surface area contributed by atoms with Crippen molar-refractivity contribution in [2.75, 3.05) is 13.1 Å². The molecule has 1 N–H and O–H groups in total. The van der Waals surface area contributed by atoms with Crippen molar-refractivity contribution in [3.63, 3.8) is 0 Å². The molecule has 0 atom stereocenters. The van der Waals surface area contributed by atoms with E-state index in [4.69, 9.17) is 0 Å². The molecule has 0 unspecified atom stereocenters. The molecule has 1 amide bonds. The molecule has 78 valence electrons. The van der Waals surface area contributed by atoms with Crippen LogP contribution in [0.4, 0.5) is 0 Å². The van der Waals surface area contributed by atoms with Gasteiger partial charge in [0.25, 0.3) is 0 Å². The van der Waals surface area contributed by atoms with Gasteiger partial charge >= 0.3 is 0 Å². The van der Waals surface area contributed by atoms with E-state index in [9.17, 15) is 9.90 Å². The van der Waals surface area contributed by atoms with Crippen LogP contribution < -0.4 is 0 Å². The molecule has 3 heteroatoms. The van der Waals surface area contributed by atoms with Gasteiger partial charge in [-0.2, -0.15) is 0 Å². The number of amides is 1. The standard InChI is InChI=1S/C11H17NO2/c1-10(4-5-10)9(13)12-6-11(14,7-12)8-2-3-8/h8,14H,2-7H2,1H3. The first-order chi connectivity index (χ1) is 6.54. The number of hydrogen-bond acceptors (Lipinski definition) is 2. The summed E-state index contributed by atoms with van der Waals surface area (Å²) >= 11 is 0. The summed E-state index contributed by atoms with van der Waals surface area (Å²) in [6.45, 7) is 3.21. The topological polar surface area (TPSA) is 40.5 Å². The third kappa shape index (κ3) is 1.11. The van der Waals surface area contributed by atoms with Gasteiger partial charge in [-0.3, -0.25) is 4.79 Å². The molecule has 0 aromatic rings. The number of carbonyl (C=O) groups is 1. The first-order valence-electron chi connectivity index (χ1n) is 5.55. The second-order valence-electron chi connectivity index (χ2n) is 5.60. The molecule has 14 heavy (non-hydrogen) atoms. The second kappa shape index (κ2) is 2.32. The molecular weight excluding hydrogens is 178 g/mol. The highest BCUT2D eigenvalue weighted by molar-refractivity contribution is 5.85. The molecule has 3 nitrogen and oxygen atoms in total. The molecule has 2 aliphatic carbocycles. The number of hydrogen-bond donors (Lipinski definition) is 1. The molecule has 3 rings (SSSR count). The van der Waals surface area contributed by atoms with Crippen molar-refractivity contribution in [1.82, 2.24) is 4.90 Å². The Hall–Kier alpha value is -0.570. The first-order valence-corrected chi connectivity index (χ1v) is 5.55. The average molecular weight is 195 g/mol. The van der Waals surface area contributed by atoms with Crippen molar-refractivity contribution < 1.29 is 9.90 Å². The molecule has 0 aromatic heterocycles. The number of nitrogens with zero attached hydrogens (tertiary/aromatic N) is 1. The zero-order valence-corrected chi connectivity index (χ0v) is 8.62. The predicted octanol–water partition coefficient (Wildman–Crippen LogP) is 0.770. The van der Waals surface area contributed by atoms with Crippen LogP contribution in [0.3, 0.4) is 0 Å². The summed E-state index contributed by atoms with van der Waals surface area (Å²) in [5, 5.41) is 10.1. The molecule has 1 saturated heterocycles.